The fourth-order valence-corrected chi connectivity index (χ4v) is 1.41. The van der Waals surface area contributed by atoms with E-state index in [9.17, 15) is 0 Å². The number of rotatable bonds is 2. The van der Waals surface area contributed by atoms with Crippen LogP contribution in [0.15, 0.2) is 54.6 Å². The van der Waals surface area contributed by atoms with Gasteiger partial charge in [-0.15, -0.1) is 0 Å². The third-order valence-electron chi connectivity index (χ3n) is 2.24. The maximum absolute atomic E-state index is 5.65. The molecule has 0 aromatic heterocycles. The lowest BCUT2D eigenvalue weighted by molar-refractivity contribution is 0.265. The molecule has 2 rings (SSSR count). The number of hydrogen-bond acceptors (Lipinski definition) is 2. The SMILES string of the molecule is Nc1cccc(C#COCc2ccccc2)c1. The summed E-state index contributed by atoms with van der Waals surface area (Å²) in [7, 11) is 0. The molecule has 17 heavy (non-hydrogen) atoms. The summed E-state index contributed by atoms with van der Waals surface area (Å²) in [6.07, 6.45) is 2.67. The topological polar surface area (TPSA) is 35.2 Å². The van der Waals surface area contributed by atoms with Crippen LogP contribution in [0.2, 0.25) is 0 Å². The van der Waals surface area contributed by atoms with E-state index in [1.54, 1.807) is 0 Å². The van der Waals surface area contributed by atoms with Crippen molar-refractivity contribution in [2.45, 2.75) is 6.61 Å². The third kappa shape index (κ3) is 3.58. The van der Waals surface area contributed by atoms with Crippen LogP contribution < -0.4 is 5.73 Å². The summed E-state index contributed by atoms with van der Waals surface area (Å²) in [5.74, 6) is 2.90. The van der Waals surface area contributed by atoms with Crippen LogP contribution in [0.4, 0.5) is 5.69 Å². The Morgan fingerprint density at radius 2 is 1.82 bits per heavy atom. The van der Waals surface area contributed by atoms with Crippen molar-refractivity contribution in [2.24, 2.45) is 0 Å². The van der Waals surface area contributed by atoms with E-state index in [1.807, 2.05) is 54.6 Å². The number of nitrogen functional groups attached to an aromatic ring is 1. The Morgan fingerprint density at radius 3 is 2.59 bits per heavy atom. The molecule has 0 saturated carbocycles. The molecular weight excluding hydrogens is 210 g/mol. The van der Waals surface area contributed by atoms with Gasteiger partial charge in [-0.3, -0.25) is 0 Å². The number of ether oxygens (including phenoxy) is 1. The normalized spacial score (nSPS) is 9.18. The van der Waals surface area contributed by atoms with Crippen molar-refractivity contribution in [1.82, 2.24) is 0 Å². The van der Waals surface area contributed by atoms with Gasteiger partial charge in [0.05, 0.1) is 0 Å². The van der Waals surface area contributed by atoms with Crippen molar-refractivity contribution in [3.8, 4) is 12.0 Å². The van der Waals surface area contributed by atoms with E-state index in [1.165, 1.54) is 0 Å². The second-order valence-electron chi connectivity index (χ2n) is 3.63. The molecule has 0 aliphatic heterocycles. The van der Waals surface area contributed by atoms with Crippen molar-refractivity contribution in [3.05, 3.63) is 65.7 Å². The van der Waals surface area contributed by atoms with E-state index in [0.717, 1.165) is 11.1 Å². The van der Waals surface area contributed by atoms with Crippen LogP contribution in [0, 0.1) is 12.0 Å². The van der Waals surface area contributed by atoms with Gasteiger partial charge in [0.1, 0.15) is 12.7 Å². The maximum Gasteiger partial charge on any atom is 0.125 e. The number of anilines is 1. The second-order valence-corrected chi connectivity index (χ2v) is 3.63. The van der Waals surface area contributed by atoms with Gasteiger partial charge in [-0.25, -0.2) is 0 Å². The van der Waals surface area contributed by atoms with E-state index < -0.39 is 0 Å². The number of benzene rings is 2. The van der Waals surface area contributed by atoms with Crippen LogP contribution in [-0.2, 0) is 11.3 Å². The number of nitrogens with two attached hydrogens (primary N) is 1. The van der Waals surface area contributed by atoms with Crippen LogP contribution in [0.25, 0.3) is 0 Å². The summed E-state index contributed by atoms with van der Waals surface area (Å²) in [5, 5.41) is 0. The summed E-state index contributed by atoms with van der Waals surface area (Å²) < 4.78 is 5.26. The highest BCUT2D eigenvalue weighted by molar-refractivity contribution is 5.46. The highest BCUT2D eigenvalue weighted by Gasteiger charge is 1.89. The van der Waals surface area contributed by atoms with Crippen LogP contribution in [-0.4, -0.2) is 0 Å². The van der Waals surface area contributed by atoms with Gasteiger partial charge in [-0.05, 0) is 29.7 Å². The predicted octanol–water partition coefficient (Wildman–Crippen LogP) is 2.79. The van der Waals surface area contributed by atoms with Crippen molar-refractivity contribution in [1.29, 1.82) is 0 Å². The lowest BCUT2D eigenvalue weighted by Crippen LogP contribution is -1.86. The molecule has 0 aliphatic carbocycles. The zero-order chi connectivity index (χ0) is 11.9. The Hall–Kier alpha value is -2.40. The molecule has 0 radical (unpaired) electrons. The lowest BCUT2D eigenvalue weighted by Gasteiger charge is -1.97. The highest BCUT2D eigenvalue weighted by Crippen LogP contribution is 2.04. The fraction of sp³-hybridized carbons (Fsp3) is 0.0667. The van der Waals surface area contributed by atoms with Gasteiger partial charge in [-0.2, -0.15) is 0 Å². The monoisotopic (exact) mass is 223 g/mol. The van der Waals surface area contributed by atoms with Crippen LogP contribution in [0.5, 0.6) is 0 Å². The molecule has 0 spiro atoms. The zero-order valence-electron chi connectivity index (χ0n) is 9.39. The van der Waals surface area contributed by atoms with Gasteiger partial charge in [-0.1, -0.05) is 36.4 Å². The first-order valence-electron chi connectivity index (χ1n) is 5.37. The first kappa shape index (κ1) is 11.1. The van der Waals surface area contributed by atoms with Gasteiger partial charge in [0.15, 0.2) is 0 Å². The van der Waals surface area contributed by atoms with E-state index in [0.29, 0.717) is 12.3 Å². The van der Waals surface area contributed by atoms with Crippen molar-refractivity contribution >= 4 is 5.69 Å². The molecule has 0 fully saturated rings. The minimum Gasteiger partial charge on any atom is -0.441 e. The average Bonchev–Trinajstić information content (AvgIpc) is 2.36. The molecule has 2 heteroatoms. The quantitative estimate of drug-likeness (QED) is 0.627. The Kier molecular flexibility index (Phi) is 3.67. The second kappa shape index (κ2) is 5.62. The maximum atomic E-state index is 5.65. The lowest BCUT2D eigenvalue weighted by atomic mass is 10.2. The molecule has 2 nitrogen and oxygen atoms in total. The summed E-state index contributed by atoms with van der Waals surface area (Å²) in [6, 6.07) is 17.3. The first-order chi connectivity index (χ1) is 8.34. The molecule has 2 aromatic carbocycles. The van der Waals surface area contributed by atoms with E-state index >= 15 is 0 Å². The Bertz CT molecular complexity index is 538. The Balaban J connectivity index is 1.91. The van der Waals surface area contributed by atoms with Crippen molar-refractivity contribution in [3.63, 3.8) is 0 Å². The van der Waals surface area contributed by atoms with E-state index in [4.69, 9.17) is 10.5 Å². The minimum atomic E-state index is 0.496. The van der Waals surface area contributed by atoms with Crippen molar-refractivity contribution < 1.29 is 4.74 Å². The largest absolute Gasteiger partial charge is 0.441 e. The molecule has 0 aliphatic rings. The molecule has 0 heterocycles. The van der Waals surface area contributed by atoms with Gasteiger partial charge in [0, 0.05) is 11.3 Å². The molecule has 2 N–H and O–H groups in total. The summed E-state index contributed by atoms with van der Waals surface area (Å²) >= 11 is 0. The third-order valence-corrected chi connectivity index (χ3v) is 2.24. The molecule has 2 aromatic rings. The van der Waals surface area contributed by atoms with Crippen LogP contribution in [0.3, 0.4) is 0 Å². The predicted molar refractivity (Wildman–Crippen MR) is 69.0 cm³/mol. The standard InChI is InChI=1S/C15H13NO/c16-15-8-4-7-13(11-15)9-10-17-12-14-5-2-1-3-6-14/h1-8,11H,12,16H2. The highest BCUT2D eigenvalue weighted by atomic mass is 16.5. The molecule has 0 unspecified atom stereocenters. The van der Waals surface area contributed by atoms with Gasteiger partial charge < -0.3 is 10.5 Å². The first-order valence-corrected chi connectivity index (χ1v) is 5.37. The van der Waals surface area contributed by atoms with Crippen LogP contribution >= 0.6 is 0 Å². The molecule has 0 bridgehead atoms. The van der Waals surface area contributed by atoms with Gasteiger partial charge >= 0.3 is 0 Å². The fourth-order valence-electron chi connectivity index (χ4n) is 1.41. The van der Waals surface area contributed by atoms with E-state index in [2.05, 4.69) is 12.0 Å². The molecule has 0 amide bonds. The summed E-state index contributed by atoms with van der Waals surface area (Å²) in [4.78, 5) is 0. The van der Waals surface area contributed by atoms with Crippen molar-refractivity contribution in [2.75, 3.05) is 5.73 Å². The Labute approximate surface area is 101 Å². The molecule has 0 atom stereocenters. The van der Waals surface area contributed by atoms with E-state index in [-0.39, 0.29) is 0 Å². The molecule has 84 valence electrons. The zero-order valence-corrected chi connectivity index (χ0v) is 9.39. The van der Waals surface area contributed by atoms with Crippen LogP contribution in [0.1, 0.15) is 11.1 Å². The number of hydrogen-bond donors (Lipinski definition) is 1. The summed E-state index contributed by atoms with van der Waals surface area (Å²) in [6.45, 7) is 0.496. The smallest absolute Gasteiger partial charge is 0.125 e. The minimum absolute atomic E-state index is 0.496. The molecular formula is C15H13NO. The summed E-state index contributed by atoms with van der Waals surface area (Å²) in [5.41, 5.74) is 8.32. The average molecular weight is 223 g/mol. The van der Waals surface area contributed by atoms with Gasteiger partial charge in [0.25, 0.3) is 0 Å². The molecule has 0 saturated heterocycles. The van der Waals surface area contributed by atoms with Gasteiger partial charge in [0.2, 0.25) is 0 Å². The Morgan fingerprint density at radius 1 is 1.00 bits per heavy atom.